The second kappa shape index (κ2) is 6.16. The topological polar surface area (TPSA) is 54.3 Å². The van der Waals surface area contributed by atoms with Crippen LogP contribution in [0.2, 0.25) is 0 Å². The predicted molar refractivity (Wildman–Crippen MR) is 88.3 cm³/mol. The lowest BCUT2D eigenvalue weighted by Gasteiger charge is -2.24. The molecule has 2 atom stereocenters. The second-order valence-corrected chi connectivity index (χ2v) is 7.41. The molecule has 22 heavy (non-hydrogen) atoms. The van der Waals surface area contributed by atoms with Crippen LogP contribution in [0.1, 0.15) is 58.5 Å². The summed E-state index contributed by atoms with van der Waals surface area (Å²) in [6.07, 6.45) is 4.68. The lowest BCUT2D eigenvalue weighted by atomic mass is 9.93. The quantitative estimate of drug-likeness (QED) is 0.881. The van der Waals surface area contributed by atoms with Gasteiger partial charge in [-0.3, -0.25) is 0 Å². The molecule has 0 bridgehead atoms. The van der Waals surface area contributed by atoms with Gasteiger partial charge in [0, 0.05) is 21.7 Å². The Labute approximate surface area is 134 Å². The van der Waals surface area contributed by atoms with E-state index in [2.05, 4.69) is 30.5 Å². The highest BCUT2D eigenvalue weighted by Gasteiger charge is 2.24. The molecule has 0 saturated heterocycles. The van der Waals surface area contributed by atoms with Crippen LogP contribution in [0.25, 0.3) is 0 Å². The molecule has 0 aromatic carbocycles. The average molecular weight is 318 g/mol. The van der Waals surface area contributed by atoms with Gasteiger partial charge in [0.2, 0.25) is 0 Å². The minimum atomic E-state index is -0.116. The van der Waals surface area contributed by atoms with Crippen molar-refractivity contribution in [3.05, 3.63) is 45.0 Å². The van der Waals surface area contributed by atoms with E-state index in [0.717, 1.165) is 30.6 Å². The maximum atomic E-state index is 12.3. The number of thiophene rings is 1. The van der Waals surface area contributed by atoms with Gasteiger partial charge >= 0.3 is 6.03 Å². The van der Waals surface area contributed by atoms with E-state index in [1.807, 2.05) is 13.0 Å². The van der Waals surface area contributed by atoms with E-state index in [4.69, 9.17) is 4.42 Å². The van der Waals surface area contributed by atoms with E-state index < -0.39 is 0 Å². The van der Waals surface area contributed by atoms with Crippen LogP contribution >= 0.6 is 11.3 Å². The van der Waals surface area contributed by atoms with E-state index in [9.17, 15) is 4.79 Å². The standard InChI is InChI=1S/C17H22N2O2S/c1-10-9-14(12(3)22-10)11(2)18-17(20)19-15-5-4-6-16-13(15)7-8-21-16/h7-9,11,15H,4-6H2,1-3H3,(H2,18,19,20). The molecule has 0 saturated carbocycles. The number of amides is 2. The number of rotatable bonds is 3. The largest absolute Gasteiger partial charge is 0.469 e. The van der Waals surface area contributed by atoms with Crippen molar-refractivity contribution in [2.24, 2.45) is 0 Å². The first-order valence-corrected chi connectivity index (χ1v) is 8.56. The van der Waals surface area contributed by atoms with Gasteiger partial charge in [-0.1, -0.05) is 0 Å². The molecule has 1 aliphatic rings. The van der Waals surface area contributed by atoms with E-state index in [1.54, 1.807) is 17.6 Å². The zero-order chi connectivity index (χ0) is 15.7. The van der Waals surface area contributed by atoms with Crippen molar-refractivity contribution in [1.29, 1.82) is 0 Å². The molecule has 2 unspecified atom stereocenters. The molecule has 118 valence electrons. The van der Waals surface area contributed by atoms with Crippen molar-refractivity contribution in [3.8, 4) is 0 Å². The van der Waals surface area contributed by atoms with E-state index in [1.165, 1.54) is 15.3 Å². The van der Waals surface area contributed by atoms with Crippen molar-refractivity contribution >= 4 is 17.4 Å². The van der Waals surface area contributed by atoms with Gasteiger partial charge in [0.1, 0.15) is 5.76 Å². The summed E-state index contributed by atoms with van der Waals surface area (Å²) in [5, 5.41) is 6.13. The summed E-state index contributed by atoms with van der Waals surface area (Å²) in [6, 6.07) is 4.07. The molecule has 0 fully saturated rings. The first-order chi connectivity index (χ1) is 10.5. The first-order valence-electron chi connectivity index (χ1n) is 7.75. The summed E-state index contributed by atoms with van der Waals surface area (Å²) in [4.78, 5) is 14.8. The smallest absolute Gasteiger partial charge is 0.315 e. The van der Waals surface area contributed by atoms with Crippen molar-refractivity contribution < 1.29 is 9.21 Å². The molecule has 2 aromatic rings. The number of nitrogens with one attached hydrogen (secondary N) is 2. The lowest BCUT2D eigenvalue weighted by Crippen LogP contribution is -2.40. The van der Waals surface area contributed by atoms with Gasteiger partial charge in [-0.2, -0.15) is 0 Å². The van der Waals surface area contributed by atoms with Crippen LogP contribution in [-0.2, 0) is 6.42 Å². The third kappa shape index (κ3) is 3.04. The average Bonchev–Trinajstić information content (AvgIpc) is 3.05. The van der Waals surface area contributed by atoms with Gasteiger partial charge in [0.25, 0.3) is 0 Å². The minimum Gasteiger partial charge on any atom is -0.469 e. The highest BCUT2D eigenvalue weighted by Crippen LogP contribution is 2.30. The fourth-order valence-electron chi connectivity index (χ4n) is 3.19. The maximum Gasteiger partial charge on any atom is 0.315 e. The third-order valence-corrected chi connectivity index (χ3v) is 5.23. The number of hydrogen-bond acceptors (Lipinski definition) is 3. The Hall–Kier alpha value is -1.75. The maximum absolute atomic E-state index is 12.3. The van der Waals surface area contributed by atoms with Crippen molar-refractivity contribution in [2.45, 2.75) is 52.1 Å². The van der Waals surface area contributed by atoms with E-state index in [0.29, 0.717) is 0 Å². The van der Waals surface area contributed by atoms with Gasteiger partial charge < -0.3 is 15.1 Å². The lowest BCUT2D eigenvalue weighted by molar-refractivity contribution is 0.232. The molecular weight excluding hydrogens is 296 g/mol. The van der Waals surface area contributed by atoms with E-state index >= 15 is 0 Å². The first kappa shape index (κ1) is 15.2. The summed E-state index contributed by atoms with van der Waals surface area (Å²) in [5.41, 5.74) is 2.32. The van der Waals surface area contributed by atoms with Crippen LogP contribution < -0.4 is 10.6 Å². The van der Waals surface area contributed by atoms with E-state index in [-0.39, 0.29) is 18.1 Å². The van der Waals surface area contributed by atoms with Crippen molar-refractivity contribution in [3.63, 3.8) is 0 Å². The summed E-state index contributed by atoms with van der Waals surface area (Å²) < 4.78 is 5.47. The van der Waals surface area contributed by atoms with Crippen LogP contribution in [-0.4, -0.2) is 6.03 Å². The highest BCUT2D eigenvalue weighted by atomic mass is 32.1. The zero-order valence-corrected chi connectivity index (χ0v) is 14.0. The Bertz CT molecular complexity index is 674. The number of fused-ring (bicyclic) bond motifs is 1. The fraction of sp³-hybridized carbons (Fsp3) is 0.471. The molecule has 0 radical (unpaired) electrons. The van der Waals surface area contributed by atoms with Gasteiger partial charge in [-0.25, -0.2) is 4.79 Å². The molecule has 5 heteroatoms. The Morgan fingerprint density at radius 3 is 3.00 bits per heavy atom. The van der Waals surface area contributed by atoms with Crippen LogP contribution in [0.5, 0.6) is 0 Å². The van der Waals surface area contributed by atoms with Crippen LogP contribution in [0, 0.1) is 13.8 Å². The van der Waals surface area contributed by atoms with Gasteiger partial charge in [0.05, 0.1) is 18.3 Å². The molecule has 3 rings (SSSR count). The van der Waals surface area contributed by atoms with Crippen LogP contribution in [0.3, 0.4) is 0 Å². The SMILES string of the molecule is Cc1cc(C(C)NC(=O)NC2CCCc3occc32)c(C)s1. The summed E-state index contributed by atoms with van der Waals surface area (Å²) >= 11 is 1.77. The Morgan fingerprint density at radius 1 is 1.45 bits per heavy atom. The van der Waals surface area contributed by atoms with Crippen LogP contribution in [0.4, 0.5) is 4.79 Å². The number of furan rings is 1. The Balaban J connectivity index is 1.63. The second-order valence-electron chi connectivity index (χ2n) is 5.95. The number of carbonyl (C=O) groups is 1. The molecule has 0 aliphatic heterocycles. The van der Waals surface area contributed by atoms with Gasteiger partial charge in [-0.05, 0) is 51.3 Å². The van der Waals surface area contributed by atoms with Crippen molar-refractivity contribution in [2.75, 3.05) is 0 Å². The summed E-state index contributed by atoms with van der Waals surface area (Å²) in [7, 11) is 0. The van der Waals surface area contributed by atoms with Crippen molar-refractivity contribution in [1.82, 2.24) is 10.6 Å². The number of urea groups is 1. The number of aryl methyl sites for hydroxylation is 3. The highest BCUT2D eigenvalue weighted by molar-refractivity contribution is 7.12. The Kier molecular flexibility index (Phi) is 4.25. The number of hydrogen-bond donors (Lipinski definition) is 2. The van der Waals surface area contributed by atoms with Crippen LogP contribution in [0.15, 0.2) is 22.8 Å². The fourth-order valence-corrected chi connectivity index (χ4v) is 4.21. The molecule has 4 nitrogen and oxygen atoms in total. The predicted octanol–water partition coefficient (Wildman–Crippen LogP) is 4.40. The van der Waals surface area contributed by atoms with Gasteiger partial charge in [-0.15, -0.1) is 11.3 Å². The molecule has 2 heterocycles. The molecular formula is C17H22N2O2S. The Morgan fingerprint density at radius 2 is 2.27 bits per heavy atom. The summed E-state index contributed by atoms with van der Waals surface area (Å²) in [6.45, 7) is 6.22. The molecule has 2 N–H and O–H groups in total. The molecule has 1 aliphatic carbocycles. The van der Waals surface area contributed by atoms with Gasteiger partial charge in [0.15, 0.2) is 0 Å². The monoisotopic (exact) mass is 318 g/mol. The minimum absolute atomic E-state index is 0.0114. The summed E-state index contributed by atoms with van der Waals surface area (Å²) in [5.74, 6) is 1.01. The normalized spacial score (nSPS) is 18.6. The molecule has 2 aromatic heterocycles. The molecule has 0 spiro atoms. The molecule has 2 amide bonds. The third-order valence-electron chi connectivity index (χ3n) is 4.25. The number of carbonyl (C=O) groups excluding carboxylic acids is 1. The zero-order valence-electron chi connectivity index (χ0n) is 13.2.